The molecule has 2 rings (SSSR count). The van der Waals surface area contributed by atoms with Gasteiger partial charge in [0.05, 0.1) is 0 Å². The maximum atomic E-state index is 11.8. The van der Waals surface area contributed by atoms with Crippen LogP contribution in [0.25, 0.3) is 0 Å². The maximum absolute atomic E-state index is 11.8. The SMILES string of the molecule is CC(C)c1noc(CCCC(=O)Nc2cccc(Cl)c2)n1. The summed E-state index contributed by atoms with van der Waals surface area (Å²) in [6.45, 7) is 4.01. The molecule has 0 spiro atoms. The normalized spacial score (nSPS) is 10.9. The molecule has 1 amide bonds. The number of aromatic nitrogens is 2. The Labute approximate surface area is 128 Å². The van der Waals surface area contributed by atoms with Crippen LogP contribution in [0.5, 0.6) is 0 Å². The fourth-order valence-electron chi connectivity index (χ4n) is 1.79. The number of amides is 1. The molecular formula is C15H18ClN3O2. The molecule has 0 aliphatic carbocycles. The number of anilines is 1. The molecule has 0 bridgehead atoms. The van der Waals surface area contributed by atoms with E-state index >= 15 is 0 Å². The Balaban J connectivity index is 1.76. The van der Waals surface area contributed by atoms with Crippen molar-refractivity contribution < 1.29 is 9.32 Å². The van der Waals surface area contributed by atoms with Gasteiger partial charge < -0.3 is 9.84 Å². The van der Waals surface area contributed by atoms with Crippen LogP contribution in [-0.2, 0) is 11.2 Å². The summed E-state index contributed by atoms with van der Waals surface area (Å²) in [5.41, 5.74) is 0.701. The first-order chi connectivity index (χ1) is 10.0. The van der Waals surface area contributed by atoms with Crippen molar-refractivity contribution in [1.82, 2.24) is 10.1 Å². The first-order valence-electron chi connectivity index (χ1n) is 6.92. The summed E-state index contributed by atoms with van der Waals surface area (Å²) in [5, 5.41) is 7.29. The van der Waals surface area contributed by atoms with Crippen molar-refractivity contribution in [2.24, 2.45) is 0 Å². The molecule has 2 aromatic rings. The number of nitrogens with zero attached hydrogens (tertiary/aromatic N) is 2. The molecule has 21 heavy (non-hydrogen) atoms. The van der Waals surface area contributed by atoms with Crippen molar-refractivity contribution in [3.8, 4) is 0 Å². The van der Waals surface area contributed by atoms with Crippen LogP contribution in [0, 0.1) is 0 Å². The molecule has 0 atom stereocenters. The lowest BCUT2D eigenvalue weighted by molar-refractivity contribution is -0.116. The molecular weight excluding hydrogens is 290 g/mol. The van der Waals surface area contributed by atoms with Gasteiger partial charge in [-0.15, -0.1) is 0 Å². The zero-order valence-electron chi connectivity index (χ0n) is 12.1. The first-order valence-corrected chi connectivity index (χ1v) is 7.30. The van der Waals surface area contributed by atoms with Gasteiger partial charge in [-0.1, -0.05) is 36.7 Å². The van der Waals surface area contributed by atoms with Crippen LogP contribution in [0.2, 0.25) is 5.02 Å². The number of hydrogen-bond donors (Lipinski definition) is 1. The Kier molecular flexibility index (Phi) is 5.33. The molecule has 6 heteroatoms. The number of carbonyl (C=O) groups excluding carboxylic acids is 1. The quantitative estimate of drug-likeness (QED) is 0.881. The Morgan fingerprint density at radius 2 is 2.24 bits per heavy atom. The van der Waals surface area contributed by atoms with E-state index in [1.54, 1.807) is 24.3 Å². The second-order valence-electron chi connectivity index (χ2n) is 5.11. The minimum absolute atomic E-state index is 0.0548. The van der Waals surface area contributed by atoms with E-state index in [-0.39, 0.29) is 11.8 Å². The maximum Gasteiger partial charge on any atom is 0.226 e. The fourth-order valence-corrected chi connectivity index (χ4v) is 1.98. The van der Waals surface area contributed by atoms with E-state index in [2.05, 4.69) is 15.5 Å². The molecule has 0 fully saturated rings. The smallest absolute Gasteiger partial charge is 0.226 e. The van der Waals surface area contributed by atoms with Crippen LogP contribution in [0.1, 0.15) is 44.3 Å². The van der Waals surface area contributed by atoms with E-state index < -0.39 is 0 Å². The number of benzene rings is 1. The third-order valence-corrected chi connectivity index (χ3v) is 3.14. The van der Waals surface area contributed by atoms with Crippen LogP contribution in [0.4, 0.5) is 5.69 Å². The van der Waals surface area contributed by atoms with Gasteiger partial charge in [0.2, 0.25) is 11.8 Å². The molecule has 1 aromatic heterocycles. The lowest BCUT2D eigenvalue weighted by atomic mass is 10.2. The molecule has 0 saturated carbocycles. The molecule has 0 radical (unpaired) electrons. The molecule has 0 aliphatic heterocycles. The monoisotopic (exact) mass is 307 g/mol. The van der Waals surface area contributed by atoms with Crippen LogP contribution < -0.4 is 5.32 Å². The van der Waals surface area contributed by atoms with E-state index in [1.807, 2.05) is 13.8 Å². The standard InChI is InChI=1S/C15H18ClN3O2/c1-10(2)15-18-14(21-19-15)8-4-7-13(20)17-12-6-3-5-11(16)9-12/h3,5-6,9-10H,4,7-8H2,1-2H3,(H,17,20). The minimum atomic E-state index is -0.0548. The third-order valence-electron chi connectivity index (χ3n) is 2.90. The number of nitrogens with one attached hydrogen (secondary N) is 1. The summed E-state index contributed by atoms with van der Waals surface area (Å²) in [4.78, 5) is 16.1. The molecule has 1 aromatic carbocycles. The predicted octanol–water partition coefficient (Wildman–Crippen LogP) is 3.81. The Hall–Kier alpha value is -1.88. The molecule has 5 nitrogen and oxygen atoms in total. The van der Waals surface area contributed by atoms with Gasteiger partial charge in [0, 0.05) is 29.5 Å². The van der Waals surface area contributed by atoms with Crippen LogP contribution >= 0.6 is 11.6 Å². The van der Waals surface area contributed by atoms with Gasteiger partial charge in [-0.2, -0.15) is 4.98 Å². The largest absolute Gasteiger partial charge is 0.339 e. The summed E-state index contributed by atoms with van der Waals surface area (Å²) in [6, 6.07) is 7.08. The topological polar surface area (TPSA) is 68.0 Å². The Morgan fingerprint density at radius 1 is 1.43 bits per heavy atom. The van der Waals surface area contributed by atoms with Crippen molar-refractivity contribution in [1.29, 1.82) is 0 Å². The highest BCUT2D eigenvalue weighted by atomic mass is 35.5. The lowest BCUT2D eigenvalue weighted by Gasteiger charge is -2.04. The number of rotatable bonds is 6. The molecule has 1 N–H and O–H groups in total. The van der Waals surface area contributed by atoms with Gasteiger partial charge in [-0.25, -0.2) is 0 Å². The van der Waals surface area contributed by atoms with Crippen molar-refractivity contribution in [2.45, 2.75) is 39.0 Å². The first kappa shape index (κ1) is 15.5. The summed E-state index contributed by atoms with van der Waals surface area (Å²) < 4.78 is 5.13. The molecule has 0 saturated heterocycles. The highest BCUT2D eigenvalue weighted by Crippen LogP contribution is 2.15. The van der Waals surface area contributed by atoms with Gasteiger partial charge in [0.25, 0.3) is 0 Å². The van der Waals surface area contributed by atoms with E-state index in [1.165, 1.54) is 0 Å². The average Bonchev–Trinajstić information content (AvgIpc) is 2.87. The Morgan fingerprint density at radius 3 is 2.90 bits per heavy atom. The second-order valence-corrected chi connectivity index (χ2v) is 5.55. The fraction of sp³-hybridized carbons (Fsp3) is 0.400. The third kappa shape index (κ3) is 4.86. The van der Waals surface area contributed by atoms with Crippen LogP contribution in [-0.4, -0.2) is 16.0 Å². The zero-order chi connectivity index (χ0) is 15.2. The van der Waals surface area contributed by atoms with Gasteiger partial charge in [0.15, 0.2) is 5.82 Å². The number of halogens is 1. The van der Waals surface area contributed by atoms with Crippen molar-refractivity contribution in [2.75, 3.05) is 5.32 Å². The molecule has 1 heterocycles. The van der Waals surface area contributed by atoms with Crippen LogP contribution in [0.3, 0.4) is 0 Å². The predicted molar refractivity (Wildman–Crippen MR) is 81.4 cm³/mol. The van der Waals surface area contributed by atoms with Gasteiger partial charge in [-0.3, -0.25) is 4.79 Å². The van der Waals surface area contributed by atoms with Crippen molar-refractivity contribution in [3.05, 3.63) is 41.0 Å². The highest BCUT2D eigenvalue weighted by Gasteiger charge is 2.10. The van der Waals surface area contributed by atoms with Crippen LogP contribution in [0.15, 0.2) is 28.8 Å². The van der Waals surface area contributed by atoms with Gasteiger partial charge in [-0.05, 0) is 24.6 Å². The molecule has 0 unspecified atom stereocenters. The molecule has 112 valence electrons. The van der Waals surface area contributed by atoms with E-state index in [0.29, 0.717) is 41.7 Å². The minimum Gasteiger partial charge on any atom is -0.339 e. The lowest BCUT2D eigenvalue weighted by Crippen LogP contribution is -2.11. The van der Waals surface area contributed by atoms with Gasteiger partial charge in [0.1, 0.15) is 0 Å². The van der Waals surface area contributed by atoms with Crippen molar-refractivity contribution in [3.63, 3.8) is 0 Å². The van der Waals surface area contributed by atoms with Crippen molar-refractivity contribution >= 4 is 23.2 Å². The summed E-state index contributed by atoms with van der Waals surface area (Å²) >= 11 is 5.86. The second kappa shape index (κ2) is 7.22. The summed E-state index contributed by atoms with van der Waals surface area (Å²) in [5.74, 6) is 1.47. The summed E-state index contributed by atoms with van der Waals surface area (Å²) in [7, 11) is 0. The van der Waals surface area contributed by atoms with E-state index in [0.717, 1.165) is 0 Å². The number of carbonyl (C=O) groups is 1. The Bertz CT molecular complexity index is 610. The highest BCUT2D eigenvalue weighted by molar-refractivity contribution is 6.30. The van der Waals surface area contributed by atoms with Gasteiger partial charge >= 0.3 is 0 Å². The summed E-state index contributed by atoms with van der Waals surface area (Å²) in [6.07, 6.45) is 1.65. The van der Waals surface area contributed by atoms with E-state index in [9.17, 15) is 4.79 Å². The molecule has 0 aliphatic rings. The average molecular weight is 308 g/mol. The zero-order valence-corrected chi connectivity index (χ0v) is 12.9. The van der Waals surface area contributed by atoms with E-state index in [4.69, 9.17) is 16.1 Å². The number of hydrogen-bond acceptors (Lipinski definition) is 4. The number of aryl methyl sites for hydroxylation is 1.